The lowest BCUT2D eigenvalue weighted by Crippen LogP contribution is -2.31. The molecule has 1 saturated heterocycles. The van der Waals surface area contributed by atoms with Crippen LogP contribution in [0.2, 0.25) is 0 Å². The van der Waals surface area contributed by atoms with Crippen molar-refractivity contribution < 1.29 is 27.4 Å². The summed E-state index contributed by atoms with van der Waals surface area (Å²) in [5, 5.41) is 7.14. The molecule has 0 aliphatic carbocycles. The Hall–Kier alpha value is -2.88. The van der Waals surface area contributed by atoms with Crippen molar-refractivity contribution in [2.24, 2.45) is 0 Å². The molecule has 2 aliphatic rings. The van der Waals surface area contributed by atoms with Gasteiger partial charge in [0.1, 0.15) is 19.0 Å². The van der Waals surface area contributed by atoms with Gasteiger partial charge in [0, 0.05) is 12.3 Å². The molecule has 1 N–H and O–H groups in total. The zero-order valence-corrected chi connectivity index (χ0v) is 15.6. The minimum absolute atomic E-state index is 0.125. The van der Waals surface area contributed by atoms with E-state index in [2.05, 4.69) is 15.4 Å². The van der Waals surface area contributed by atoms with Crippen LogP contribution in [-0.2, 0) is 20.4 Å². The average molecular weight is 408 g/mol. The van der Waals surface area contributed by atoms with E-state index in [1.54, 1.807) is 6.92 Å². The zero-order valence-electron chi connectivity index (χ0n) is 15.6. The number of anilines is 1. The monoisotopic (exact) mass is 408 g/mol. The number of aromatic nitrogens is 3. The van der Waals surface area contributed by atoms with Gasteiger partial charge in [-0.15, -0.1) is 0 Å². The number of hydrogen-bond donors (Lipinski definition) is 1. The van der Waals surface area contributed by atoms with E-state index in [1.807, 2.05) is 0 Å². The number of halogens is 3. The zero-order chi connectivity index (χ0) is 20.6. The molecule has 0 radical (unpaired) electrons. The highest BCUT2D eigenvalue weighted by molar-refractivity contribution is 5.92. The summed E-state index contributed by atoms with van der Waals surface area (Å²) in [6.07, 6.45) is -1.53. The van der Waals surface area contributed by atoms with Gasteiger partial charge in [0.05, 0.1) is 17.2 Å². The van der Waals surface area contributed by atoms with Crippen molar-refractivity contribution in [1.82, 2.24) is 14.8 Å². The Balaban J connectivity index is 1.65. The maximum absolute atomic E-state index is 12.9. The predicted octanol–water partition coefficient (Wildman–Crippen LogP) is 3.31. The normalized spacial score (nSPS) is 21.7. The molecule has 7 nitrogen and oxygen atoms in total. The smallest absolute Gasteiger partial charge is 0.416 e. The van der Waals surface area contributed by atoms with Crippen LogP contribution in [0.15, 0.2) is 41.9 Å². The number of rotatable bonds is 4. The van der Waals surface area contributed by atoms with E-state index in [4.69, 9.17) is 9.47 Å². The molecular formula is C19H19F3N4O3. The number of fused-ring (bicyclic) bond motifs is 1. The van der Waals surface area contributed by atoms with E-state index in [0.717, 1.165) is 25.0 Å². The largest absolute Gasteiger partial charge is 0.459 e. The molecule has 2 atom stereocenters. The molecule has 2 aliphatic heterocycles. The van der Waals surface area contributed by atoms with Gasteiger partial charge in [-0.05, 0) is 37.5 Å². The number of ether oxygens (including phenoxy) is 2. The second-order valence-corrected chi connectivity index (χ2v) is 6.95. The van der Waals surface area contributed by atoms with Crippen molar-refractivity contribution in [3.8, 4) is 0 Å². The summed E-state index contributed by atoms with van der Waals surface area (Å²) in [7, 11) is 0. The Kier molecular flexibility index (Phi) is 5.03. The summed E-state index contributed by atoms with van der Waals surface area (Å²) in [6, 6.07) is 3.89. The van der Waals surface area contributed by atoms with Crippen LogP contribution in [0.5, 0.6) is 0 Å². The number of nitrogens with zero attached hydrogens (tertiary/aromatic N) is 3. The van der Waals surface area contributed by atoms with Crippen LogP contribution in [0, 0.1) is 0 Å². The van der Waals surface area contributed by atoms with E-state index in [0.29, 0.717) is 23.8 Å². The van der Waals surface area contributed by atoms with Crippen molar-refractivity contribution in [3.63, 3.8) is 0 Å². The lowest BCUT2D eigenvalue weighted by atomic mass is 9.95. The first-order chi connectivity index (χ1) is 13.8. The molecule has 29 heavy (non-hydrogen) atoms. The molecule has 3 heterocycles. The quantitative estimate of drug-likeness (QED) is 0.783. The highest BCUT2D eigenvalue weighted by Gasteiger charge is 2.36. The molecule has 10 heteroatoms. The van der Waals surface area contributed by atoms with Gasteiger partial charge in [0.25, 0.3) is 0 Å². The van der Waals surface area contributed by atoms with Crippen LogP contribution < -0.4 is 5.32 Å². The Bertz CT molecular complexity index is 931. The SMILES string of the molecule is CC1=C(C(=O)OC[C@H]2CCCO2)[C@@H](c2ccc(C(F)(F)F)cc2)n2ncnc2N1. The third kappa shape index (κ3) is 3.84. The minimum atomic E-state index is -4.44. The number of nitrogens with one attached hydrogen (secondary N) is 1. The molecular weight excluding hydrogens is 389 g/mol. The summed E-state index contributed by atoms with van der Waals surface area (Å²) in [6.45, 7) is 2.46. The second kappa shape index (κ2) is 7.51. The van der Waals surface area contributed by atoms with Gasteiger partial charge < -0.3 is 14.8 Å². The maximum atomic E-state index is 12.9. The summed E-state index contributed by atoms with van der Waals surface area (Å²) in [5.41, 5.74) is 0.473. The van der Waals surface area contributed by atoms with E-state index in [1.165, 1.54) is 23.1 Å². The van der Waals surface area contributed by atoms with E-state index >= 15 is 0 Å². The Morgan fingerprint density at radius 2 is 2.10 bits per heavy atom. The van der Waals surface area contributed by atoms with Crippen molar-refractivity contribution >= 4 is 11.9 Å². The maximum Gasteiger partial charge on any atom is 0.416 e. The fourth-order valence-electron chi connectivity index (χ4n) is 3.54. The summed E-state index contributed by atoms with van der Waals surface area (Å²) < 4.78 is 51.2. The minimum Gasteiger partial charge on any atom is -0.459 e. The van der Waals surface area contributed by atoms with Gasteiger partial charge in [0.15, 0.2) is 0 Å². The second-order valence-electron chi connectivity index (χ2n) is 6.95. The van der Waals surface area contributed by atoms with Crippen LogP contribution in [0.3, 0.4) is 0 Å². The van der Waals surface area contributed by atoms with Crippen molar-refractivity contribution in [3.05, 3.63) is 53.0 Å². The Labute approximate surface area is 164 Å². The number of alkyl halides is 3. The van der Waals surface area contributed by atoms with Crippen LogP contribution in [-0.4, -0.2) is 40.1 Å². The van der Waals surface area contributed by atoms with Gasteiger partial charge >= 0.3 is 12.1 Å². The molecule has 154 valence electrons. The molecule has 0 saturated carbocycles. The molecule has 0 bridgehead atoms. The van der Waals surface area contributed by atoms with Crippen molar-refractivity contribution in [2.75, 3.05) is 18.5 Å². The van der Waals surface area contributed by atoms with Gasteiger partial charge in [-0.1, -0.05) is 12.1 Å². The van der Waals surface area contributed by atoms with Gasteiger partial charge in [0.2, 0.25) is 5.95 Å². The lowest BCUT2D eigenvalue weighted by Gasteiger charge is -2.28. The lowest BCUT2D eigenvalue weighted by molar-refractivity contribution is -0.143. The molecule has 1 fully saturated rings. The van der Waals surface area contributed by atoms with E-state index in [9.17, 15) is 18.0 Å². The van der Waals surface area contributed by atoms with E-state index in [-0.39, 0.29) is 18.3 Å². The molecule has 4 rings (SSSR count). The van der Waals surface area contributed by atoms with Crippen molar-refractivity contribution in [2.45, 2.75) is 38.1 Å². The highest BCUT2D eigenvalue weighted by Crippen LogP contribution is 2.37. The third-order valence-electron chi connectivity index (χ3n) is 4.99. The predicted molar refractivity (Wildman–Crippen MR) is 95.9 cm³/mol. The third-order valence-corrected chi connectivity index (χ3v) is 4.99. The Morgan fingerprint density at radius 3 is 2.76 bits per heavy atom. The summed E-state index contributed by atoms with van der Waals surface area (Å²) in [5.74, 6) is -0.181. The topological polar surface area (TPSA) is 78.3 Å². The summed E-state index contributed by atoms with van der Waals surface area (Å²) in [4.78, 5) is 17.0. The average Bonchev–Trinajstić information content (AvgIpc) is 3.36. The highest BCUT2D eigenvalue weighted by atomic mass is 19.4. The van der Waals surface area contributed by atoms with Gasteiger partial charge in [-0.3, -0.25) is 0 Å². The molecule has 0 unspecified atom stereocenters. The van der Waals surface area contributed by atoms with E-state index < -0.39 is 23.8 Å². The fraction of sp³-hybridized carbons (Fsp3) is 0.421. The van der Waals surface area contributed by atoms with Crippen molar-refractivity contribution in [1.29, 1.82) is 0 Å². The number of carbonyl (C=O) groups excluding carboxylic acids is 1. The number of hydrogen-bond acceptors (Lipinski definition) is 6. The number of allylic oxidation sites excluding steroid dienone is 1. The fourth-order valence-corrected chi connectivity index (χ4v) is 3.54. The number of carbonyl (C=O) groups is 1. The van der Waals surface area contributed by atoms with Crippen LogP contribution >= 0.6 is 0 Å². The van der Waals surface area contributed by atoms with Gasteiger partial charge in [-0.25, -0.2) is 9.48 Å². The first-order valence-electron chi connectivity index (χ1n) is 9.18. The molecule has 0 spiro atoms. The molecule has 0 amide bonds. The van der Waals surface area contributed by atoms with Crippen LogP contribution in [0.25, 0.3) is 0 Å². The number of benzene rings is 1. The first kappa shape index (κ1) is 19.4. The summed E-state index contributed by atoms with van der Waals surface area (Å²) >= 11 is 0. The van der Waals surface area contributed by atoms with Gasteiger partial charge in [-0.2, -0.15) is 23.3 Å². The Morgan fingerprint density at radius 1 is 1.34 bits per heavy atom. The molecule has 1 aromatic heterocycles. The standard InChI is InChI=1S/C19H19F3N4O3/c1-11-15(17(27)29-9-14-3-2-8-28-14)16(26-18(25-11)23-10-24-26)12-4-6-13(7-5-12)19(20,21)22/h4-7,10,14,16H,2-3,8-9H2,1H3,(H,23,24,25)/t14-,16-/m1/s1. The molecule has 2 aromatic rings. The molecule has 1 aromatic carbocycles. The van der Waals surface area contributed by atoms with Crippen LogP contribution in [0.1, 0.15) is 36.9 Å². The first-order valence-corrected chi connectivity index (χ1v) is 9.18. The number of esters is 1. The van der Waals surface area contributed by atoms with Crippen LogP contribution in [0.4, 0.5) is 19.1 Å².